The maximum Gasteiger partial charge on any atom is 0.254 e. The van der Waals surface area contributed by atoms with Crippen LogP contribution in [0.5, 0.6) is 0 Å². The van der Waals surface area contributed by atoms with E-state index in [1.165, 1.54) is 0 Å². The number of hydrogen-bond donors (Lipinski definition) is 2. The molecule has 0 spiro atoms. The van der Waals surface area contributed by atoms with E-state index >= 15 is 0 Å². The molecule has 2 unspecified atom stereocenters. The molecule has 0 bridgehead atoms. The molecule has 2 N–H and O–H groups in total. The second kappa shape index (κ2) is 7.89. The largest absolute Gasteiger partial charge is 0.385 e. The molecule has 0 fully saturated rings. The Morgan fingerprint density at radius 3 is 2.89 bits per heavy atom. The first-order valence-corrected chi connectivity index (χ1v) is 7.96. The van der Waals surface area contributed by atoms with E-state index in [1.807, 2.05) is 13.8 Å². The smallest absolute Gasteiger partial charge is 0.254 e. The summed E-state index contributed by atoms with van der Waals surface area (Å²) in [5.41, 5.74) is 1.32. The Balaban J connectivity index is 2.56. The summed E-state index contributed by atoms with van der Waals surface area (Å²) in [5, 5.41) is 6.04. The van der Waals surface area contributed by atoms with Crippen LogP contribution in [0.2, 0.25) is 0 Å². The maximum atomic E-state index is 12.0. The summed E-state index contributed by atoms with van der Waals surface area (Å²) in [5.74, 6) is -0.155. The van der Waals surface area contributed by atoms with Gasteiger partial charge in [-0.15, -0.1) is 0 Å². The lowest BCUT2D eigenvalue weighted by atomic mass is 10.2. The average molecular weight is 283 g/mol. The zero-order valence-corrected chi connectivity index (χ0v) is 12.4. The maximum absolute atomic E-state index is 12.0. The van der Waals surface area contributed by atoms with E-state index in [0.717, 1.165) is 12.2 Å². The van der Waals surface area contributed by atoms with Crippen molar-refractivity contribution in [1.29, 1.82) is 0 Å². The number of hydrogen-bond acceptors (Lipinski definition) is 4. The number of rotatable bonds is 7. The first-order valence-electron chi connectivity index (χ1n) is 6.34. The highest BCUT2D eigenvalue weighted by atomic mass is 32.2. The monoisotopic (exact) mass is 283 g/mol. The van der Waals surface area contributed by atoms with E-state index in [0.29, 0.717) is 18.5 Å². The van der Waals surface area contributed by atoms with E-state index in [-0.39, 0.29) is 11.2 Å². The molecule has 1 amide bonds. The number of pyridine rings is 1. The summed E-state index contributed by atoms with van der Waals surface area (Å²) < 4.78 is 11.2. The van der Waals surface area contributed by atoms with Crippen LogP contribution in [0.3, 0.4) is 0 Å². The van der Waals surface area contributed by atoms with Crippen LogP contribution in [0.4, 0.5) is 5.69 Å². The molecule has 0 radical (unpaired) electrons. The molecule has 106 valence electrons. The third kappa shape index (κ3) is 4.98. The Morgan fingerprint density at radius 2 is 2.26 bits per heavy atom. The van der Waals surface area contributed by atoms with Crippen LogP contribution in [-0.2, 0) is 10.8 Å². The van der Waals surface area contributed by atoms with Gasteiger partial charge in [-0.2, -0.15) is 0 Å². The topological polar surface area (TPSA) is 71.1 Å². The van der Waals surface area contributed by atoms with Gasteiger partial charge in [-0.05, 0) is 19.4 Å². The van der Waals surface area contributed by atoms with Crippen LogP contribution in [0.1, 0.15) is 30.6 Å². The van der Waals surface area contributed by atoms with Gasteiger partial charge in [0.25, 0.3) is 5.91 Å². The number of carbonyl (C=O) groups is 1. The highest BCUT2D eigenvalue weighted by Crippen LogP contribution is 2.12. The van der Waals surface area contributed by atoms with Gasteiger partial charge in [-0.3, -0.25) is 14.0 Å². The highest BCUT2D eigenvalue weighted by molar-refractivity contribution is 7.84. The molecule has 6 heteroatoms. The molecule has 0 aromatic carbocycles. The Hall–Kier alpha value is -1.43. The van der Waals surface area contributed by atoms with Crippen molar-refractivity contribution in [2.24, 2.45) is 0 Å². The normalized spacial score (nSPS) is 13.6. The van der Waals surface area contributed by atoms with Gasteiger partial charge < -0.3 is 10.6 Å². The summed E-state index contributed by atoms with van der Waals surface area (Å²) in [6.45, 7) is 5.15. The van der Waals surface area contributed by atoms with Gasteiger partial charge in [0.15, 0.2) is 0 Å². The Morgan fingerprint density at radius 1 is 1.53 bits per heavy atom. The van der Waals surface area contributed by atoms with Crippen molar-refractivity contribution in [3.05, 3.63) is 24.0 Å². The van der Waals surface area contributed by atoms with Crippen molar-refractivity contribution in [1.82, 2.24) is 10.3 Å². The van der Waals surface area contributed by atoms with Crippen molar-refractivity contribution in [3.8, 4) is 0 Å². The van der Waals surface area contributed by atoms with E-state index in [1.54, 1.807) is 24.7 Å². The van der Waals surface area contributed by atoms with Crippen molar-refractivity contribution in [3.63, 3.8) is 0 Å². The molecular formula is C13H21N3O2S. The predicted molar refractivity (Wildman–Crippen MR) is 78.9 cm³/mol. The molecule has 2 atom stereocenters. The van der Waals surface area contributed by atoms with Crippen molar-refractivity contribution in [2.45, 2.75) is 25.5 Å². The van der Waals surface area contributed by atoms with Gasteiger partial charge >= 0.3 is 0 Å². The van der Waals surface area contributed by atoms with E-state index < -0.39 is 10.8 Å². The second-order valence-electron chi connectivity index (χ2n) is 4.31. The number of nitrogens with zero attached hydrogens (tertiary/aromatic N) is 1. The number of anilines is 1. The molecule has 0 saturated carbocycles. The number of nitrogens with one attached hydrogen (secondary N) is 2. The van der Waals surface area contributed by atoms with Crippen molar-refractivity contribution < 1.29 is 9.00 Å². The molecule has 0 aliphatic heterocycles. The van der Waals surface area contributed by atoms with E-state index in [4.69, 9.17) is 0 Å². The van der Waals surface area contributed by atoms with E-state index in [2.05, 4.69) is 15.6 Å². The Bertz CT molecular complexity index is 451. The molecular weight excluding hydrogens is 262 g/mol. The molecule has 1 heterocycles. The highest BCUT2D eigenvalue weighted by Gasteiger charge is 2.12. The second-order valence-corrected chi connectivity index (χ2v) is 6.11. The van der Waals surface area contributed by atoms with Gasteiger partial charge in [-0.1, -0.05) is 6.92 Å². The van der Waals surface area contributed by atoms with Crippen molar-refractivity contribution in [2.75, 3.05) is 24.7 Å². The molecule has 1 rings (SSSR count). The van der Waals surface area contributed by atoms with Crippen LogP contribution < -0.4 is 10.6 Å². The summed E-state index contributed by atoms with van der Waals surface area (Å²) in [6.07, 6.45) is 5.58. The molecule has 19 heavy (non-hydrogen) atoms. The third-order valence-corrected chi connectivity index (χ3v) is 4.20. The summed E-state index contributed by atoms with van der Waals surface area (Å²) >= 11 is 0. The Labute approximate surface area is 116 Å². The first kappa shape index (κ1) is 15.6. The standard InChI is InChI=1S/C13H21N3O2S/c1-4-15-12-6-7-14-9-11(12)13(17)16-8-5-10(2)19(3)18/h6-7,9-10H,4-5,8H2,1-3H3,(H,14,15)(H,16,17). The fourth-order valence-electron chi connectivity index (χ4n) is 1.57. The molecule has 0 aliphatic rings. The van der Waals surface area contributed by atoms with E-state index in [9.17, 15) is 9.00 Å². The van der Waals surface area contributed by atoms with Crippen molar-refractivity contribution >= 4 is 22.4 Å². The molecule has 5 nitrogen and oxygen atoms in total. The van der Waals surface area contributed by atoms with Gasteiger partial charge in [0, 0.05) is 47.8 Å². The zero-order chi connectivity index (χ0) is 14.3. The lowest BCUT2D eigenvalue weighted by Gasteiger charge is -2.12. The minimum atomic E-state index is -0.853. The van der Waals surface area contributed by atoms with Crippen LogP contribution in [0, 0.1) is 0 Å². The number of aromatic nitrogens is 1. The minimum Gasteiger partial charge on any atom is -0.385 e. The first-order chi connectivity index (χ1) is 9.06. The van der Waals surface area contributed by atoms with Crippen LogP contribution in [0.25, 0.3) is 0 Å². The fraction of sp³-hybridized carbons (Fsp3) is 0.538. The zero-order valence-electron chi connectivity index (χ0n) is 11.6. The molecule has 0 aliphatic carbocycles. The quantitative estimate of drug-likeness (QED) is 0.793. The fourth-order valence-corrected chi connectivity index (χ4v) is 2.02. The summed E-state index contributed by atoms with van der Waals surface area (Å²) in [6, 6.07) is 1.78. The van der Waals surface area contributed by atoms with Gasteiger partial charge in [0.05, 0.1) is 11.3 Å². The van der Waals surface area contributed by atoms with Crippen LogP contribution >= 0.6 is 0 Å². The average Bonchev–Trinajstić information content (AvgIpc) is 2.39. The SMILES string of the molecule is CCNc1ccncc1C(=O)NCCC(C)S(C)=O. The van der Waals surface area contributed by atoms with Gasteiger partial charge in [0.2, 0.25) is 0 Å². The predicted octanol–water partition coefficient (Wildman–Crippen LogP) is 1.40. The molecule has 1 aromatic rings. The Kier molecular flexibility index (Phi) is 6.49. The van der Waals surface area contributed by atoms with Gasteiger partial charge in [-0.25, -0.2) is 0 Å². The molecule has 0 saturated heterocycles. The lowest BCUT2D eigenvalue weighted by Crippen LogP contribution is -2.28. The van der Waals surface area contributed by atoms with Crippen LogP contribution in [-0.4, -0.2) is 39.7 Å². The summed E-state index contributed by atoms with van der Waals surface area (Å²) in [4.78, 5) is 16.0. The minimum absolute atomic E-state index is 0.0856. The molecule has 1 aromatic heterocycles. The number of carbonyl (C=O) groups excluding carboxylic acids is 1. The lowest BCUT2D eigenvalue weighted by molar-refractivity contribution is 0.0953. The summed E-state index contributed by atoms with van der Waals surface area (Å²) in [7, 11) is -0.853. The van der Waals surface area contributed by atoms with Gasteiger partial charge in [0.1, 0.15) is 0 Å². The van der Waals surface area contributed by atoms with Crippen LogP contribution in [0.15, 0.2) is 18.5 Å². The third-order valence-electron chi connectivity index (χ3n) is 2.84. The number of amides is 1.